The first-order valence-electron chi connectivity index (χ1n) is 7.74. The van der Waals surface area contributed by atoms with Crippen molar-refractivity contribution in [3.63, 3.8) is 0 Å². The summed E-state index contributed by atoms with van der Waals surface area (Å²) in [7, 11) is 0. The summed E-state index contributed by atoms with van der Waals surface area (Å²) in [5.41, 5.74) is 0.572. The minimum absolute atomic E-state index is 0.0930. The normalized spacial score (nSPS) is 18.3. The van der Waals surface area contributed by atoms with Gasteiger partial charge in [-0.05, 0) is 26.0 Å². The largest absolute Gasteiger partial charge is 0.338 e. The summed E-state index contributed by atoms with van der Waals surface area (Å²) in [6, 6.07) is 4.91. The Bertz CT molecular complexity index is 650. The van der Waals surface area contributed by atoms with Gasteiger partial charge in [-0.2, -0.15) is 4.98 Å². The second-order valence-electron chi connectivity index (χ2n) is 5.87. The van der Waals surface area contributed by atoms with E-state index in [0.29, 0.717) is 28.8 Å². The molecule has 1 aliphatic heterocycles. The molecule has 2 aromatic rings. The second kappa shape index (κ2) is 6.95. The highest BCUT2D eigenvalue weighted by molar-refractivity contribution is 6.31. The molecule has 0 radical (unpaired) electrons. The molecule has 3 rings (SSSR count). The zero-order chi connectivity index (χ0) is 16.4. The Morgan fingerprint density at radius 1 is 1.30 bits per heavy atom. The Balaban J connectivity index is 1.58. The molecule has 23 heavy (non-hydrogen) atoms. The third-order valence-corrected chi connectivity index (χ3v) is 4.65. The molecular formula is C16H20ClFN4O. The molecule has 0 amide bonds. The van der Waals surface area contributed by atoms with Crippen molar-refractivity contribution in [1.82, 2.24) is 19.9 Å². The van der Waals surface area contributed by atoms with E-state index in [2.05, 4.69) is 26.9 Å². The first kappa shape index (κ1) is 16.4. The predicted molar refractivity (Wildman–Crippen MR) is 85.7 cm³/mol. The zero-order valence-electron chi connectivity index (χ0n) is 13.3. The lowest BCUT2D eigenvalue weighted by Crippen LogP contribution is -2.46. The van der Waals surface area contributed by atoms with E-state index in [4.69, 9.17) is 16.1 Å². The van der Waals surface area contributed by atoms with Crippen molar-refractivity contribution in [3.05, 3.63) is 46.3 Å². The quantitative estimate of drug-likeness (QED) is 0.857. The van der Waals surface area contributed by atoms with E-state index in [1.165, 1.54) is 6.07 Å². The number of aromatic nitrogens is 2. The molecule has 0 bridgehead atoms. The van der Waals surface area contributed by atoms with Crippen molar-refractivity contribution >= 4 is 11.6 Å². The summed E-state index contributed by atoms with van der Waals surface area (Å²) in [5, 5.41) is 4.33. The van der Waals surface area contributed by atoms with Crippen LogP contribution in [0.1, 0.15) is 30.2 Å². The van der Waals surface area contributed by atoms with Crippen LogP contribution in [0.3, 0.4) is 0 Å². The maximum Gasteiger partial charge on any atom is 0.243 e. The molecule has 0 unspecified atom stereocenters. The lowest BCUT2D eigenvalue weighted by molar-refractivity contribution is 0.0839. The van der Waals surface area contributed by atoms with Gasteiger partial charge in [-0.15, -0.1) is 0 Å². The summed E-state index contributed by atoms with van der Waals surface area (Å²) >= 11 is 6.11. The fourth-order valence-electron chi connectivity index (χ4n) is 2.85. The molecule has 0 spiro atoms. The molecule has 1 aromatic heterocycles. The number of benzene rings is 1. The van der Waals surface area contributed by atoms with Crippen LogP contribution in [0.15, 0.2) is 22.7 Å². The third kappa shape index (κ3) is 3.71. The number of hydrogen-bond donors (Lipinski definition) is 0. The first-order valence-corrected chi connectivity index (χ1v) is 8.12. The number of rotatable bonds is 4. The van der Waals surface area contributed by atoms with Gasteiger partial charge < -0.3 is 4.52 Å². The van der Waals surface area contributed by atoms with Crippen LogP contribution in [0.4, 0.5) is 4.39 Å². The summed E-state index contributed by atoms with van der Waals surface area (Å²) in [6.07, 6.45) is 0. The van der Waals surface area contributed by atoms with Gasteiger partial charge in [0.25, 0.3) is 0 Å². The minimum Gasteiger partial charge on any atom is -0.338 e. The molecule has 7 heteroatoms. The molecule has 0 saturated carbocycles. The molecule has 1 saturated heterocycles. The van der Waals surface area contributed by atoms with Crippen LogP contribution in [0.2, 0.25) is 5.02 Å². The summed E-state index contributed by atoms with van der Waals surface area (Å²) in [6.45, 7) is 7.85. The van der Waals surface area contributed by atoms with Gasteiger partial charge in [-0.3, -0.25) is 9.80 Å². The number of halogens is 2. The van der Waals surface area contributed by atoms with E-state index in [0.717, 1.165) is 26.2 Å². The first-order chi connectivity index (χ1) is 11.0. The number of aryl methyl sites for hydroxylation is 1. The standard InChI is InChI=1S/C16H20ClFN4O/c1-11(16-19-12(2)20-23-16)22-8-6-21(7-9-22)10-13-14(17)4-3-5-15(13)18/h3-5,11H,6-10H2,1-2H3/t11-/m1/s1. The minimum atomic E-state index is -0.241. The average Bonchev–Trinajstić information content (AvgIpc) is 2.97. The monoisotopic (exact) mass is 338 g/mol. The van der Waals surface area contributed by atoms with E-state index < -0.39 is 0 Å². The van der Waals surface area contributed by atoms with Crippen molar-refractivity contribution in [2.75, 3.05) is 26.2 Å². The van der Waals surface area contributed by atoms with Crippen molar-refractivity contribution < 1.29 is 8.91 Å². The maximum absolute atomic E-state index is 13.9. The molecular weight excluding hydrogens is 319 g/mol. The van der Waals surface area contributed by atoms with Crippen LogP contribution in [-0.2, 0) is 6.54 Å². The molecule has 5 nitrogen and oxygen atoms in total. The van der Waals surface area contributed by atoms with E-state index >= 15 is 0 Å². The highest BCUT2D eigenvalue weighted by atomic mass is 35.5. The Morgan fingerprint density at radius 3 is 2.65 bits per heavy atom. The highest BCUT2D eigenvalue weighted by Crippen LogP contribution is 2.23. The molecule has 2 heterocycles. The van der Waals surface area contributed by atoms with Crippen LogP contribution in [0.25, 0.3) is 0 Å². The maximum atomic E-state index is 13.9. The van der Waals surface area contributed by atoms with Gasteiger partial charge >= 0.3 is 0 Å². The lowest BCUT2D eigenvalue weighted by atomic mass is 10.1. The van der Waals surface area contributed by atoms with E-state index in [9.17, 15) is 4.39 Å². The number of hydrogen-bond acceptors (Lipinski definition) is 5. The van der Waals surface area contributed by atoms with Crippen LogP contribution in [-0.4, -0.2) is 46.1 Å². The van der Waals surface area contributed by atoms with Gasteiger partial charge in [-0.25, -0.2) is 4.39 Å². The van der Waals surface area contributed by atoms with Crippen LogP contribution in [0, 0.1) is 12.7 Å². The van der Waals surface area contributed by atoms with Gasteiger partial charge in [0.15, 0.2) is 5.82 Å². The van der Waals surface area contributed by atoms with Crippen molar-refractivity contribution in [1.29, 1.82) is 0 Å². The Hall–Kier alpha value is -1.50. The Morgan fingerprint density at radius 2 is 2.04 bits per heavy atom. The van der Waals surface area contributed by atoms with Gasteiger partial charge in [0.1, 0.15) is 5.82 Å². The summed E-state index contributed by atoms with van der Waals surface area (Å²) in [5.74, 6) is 1.06. The summed E-state index contributed by atoms with van der Waals surface area (Å²) < 4.78 is 19.1. The number of nitrogens with zero attached hydrogens (tertiary/aromatic N) is 4. The molecule has 124 valence electrons. The highest BCUT2D eigenvalue weighted by Gasteiger charge is 2.26. The molecule has 1 aromatic carbocycles. The molecule has 1 atom stereocenters. The van der Waals surface area contributed by atoms with E-state index in [1.807, 2.05) is 6.92 Å². The third-order valence-electron chi connectivity index (χ3n) is 4.30. The van der Waals surface area contributed by atoms with Gasteiger partial charge in [0.05, 0.1) is 6.04 Å². The van der Waals surface area contributed by atoms with Crippen LogP contribution >= 0.6 is 11.6 Å². The average molecular weight is 339 g/mol. The fourth-order valence-corrected chi connectivity index (χ4v) is 3.08. The van der Waals surface area contributed by atoms with E-state index in [1.54, 1.807) is 12.1 Å². The SMILES string of the molecule is Cc1noc([C@@H](C)N2CCN(Cc3c(F)cccc3Cl)CC2)n1. The predicted octanol–water partition coefficient (Wildman–Crippen LogP) is 3.05. The molecule has 0 N–H and O–H groups in total. The second-order valence-corrected chi connectivity index (χ2v) is 6.28. The van der Waals surface area contributed by atoms with Crippen LogP contribution in [0.5, 0.6) is 0 Å². The Kier molecular flexibility index (Phi) is 4.94. The molecule has 1 aliphatic rings. The fraction of sp³-hybridized carbons (Fsp3) is 0.500. The van der Waals surface area contributed by atoms with Crippen LogP contribution < -0.4 is 0 Å². The topological polar surface area (TPSA) is 45.4 Å². The number of piperazine rings is 1. The van der Waals surface area contributed by atoms with Crippen molar-refractivity contribution in [3.8, 4) is 0 Å². The zero-order valence-corrected chi connectivity index (χ0v) is 14.1. The van der Waals surface area contributed by atoms with Gasteiger partial charge in [0.2, 0.25) is 5.89 Å². The lowest BCUT2D eigenvalue weighted by Gasteiger charge is -2.36. The van der Waals surface area contributed by atoms with E-state index in [-0.39, 0.29) is 11.9 Å². The molecule has 0 aliphatic carbocycles. The Labute approximate surface area is 140 Å². The smallest absolute Gasteiger partial charge is 0.243 e. The van der Waals surface area contributed by atoms with Crippen molar-refractivity contribution in [2.45, 2.75) is 26.4 Å². The van der Waals surface area contributed by atoms with Gasteiger partial charge in [-0.1, -0.05) is 22.8 Å². The summed E-state index contributed by atoms with van der Waals surface area (Å²) in [4.78, 5) is 8.81. The molecule has 1 fully saturated rings. The van der Waals surface area contributed by atoms with Gasteiger partial charge in [0, 0.05) is 43.3 Å². The van der Waals surface area contributed by atoms with Crippen molar-refractivity contribution in [2.24, 2.45) is 0 Å².